The van der Waals surface area contributed by atoms with Crippen LogP contribution in [0.2, 0.25) is 0 Å². The first kappa shape index (κ1) is 12.6. The Kier molecular flexibility index (Phi) is 4.56. The highest BCUT2D eigenvalue weighted by Gasteiger charge is 2.36. The Hall–Kier alpha value is -0.420. The van der Waals surface area contributed by atoms with Crippen molar-refractivity contribution < 1.29 is 24.3 Å². The monoisotopic (exact) mass is 211 g/mol. The zero-order valence-electron chi connectivity index (χ0n) is 7.25. The lowest BCUT2D eigenvalue weighted by Crippen LogP contribution is -2.28. The Labute approximate surface area is 75.9 Å². The highest BCUT2D eigenvalue weighted by molar-refractivity contribution is 7.52. The molecule has 0 aliphatic rings. The zero-order valence-corrected chi connectivity index (χ0v) is 8.15. The van der Waals surface area contributed by atoms with Crippen molar-refractivity contribution >= 4 is 13.6 Å². The summed E-state index contributed by atoms with van der Waals surface area (Å²) >= 11 is 0. The van der Waals surface area contributed by atoms with Crippen LogP contribution in [0, 0.1) is 5.92 Å². The first-order chi connectivity index (χ1) is 5.80. The molecule has 0 fully saturated rings. The molecule has 0 rings (SSSR count). The fourth-order valence-corrected chi connectivity index (χ4v) is 2.24. The summed E-state index contributed by atoms with van der Waals surface area (Å²) in [4.78, 5) is 28.1. The molecule has 0 aromatic heterocycles. The molecular formula is C6H14NO5P. The van der Waals surface area contributed by atoms with Crippen LogP contribution in [0.4, 0.5) is 0 Å². The lowest BCUT2D eigenvalue weighted by molar-refractivity contribution is -0.141. The van der Waals surface area contributed by atoms with Gasteiger partial charge in [0.15, 0.2) is 0 Å². The molecule has 2 atom stereocenters. The second-order valence-electron chi connectivity index (χ2n) is 2.86. The minimum absolute atomic E-state index is 0.0117. The third-order valence-electron chi connectivity index (χ3n) is 1.86. The molecule has 13 heavy (non-hydrogen) atoms. The molecule has 0 aromatic carbocycles. The molecule has 0 spiro atoms. The standard InChI is InChI=1S/C6H14NO5P/c1-4(6(8)9)5(2-3-7)13(10,11)12/h4-5H,2-3,7H2,1H3,(H,8,9)(H2,10,11,12). The number of hydrogen-bond acceptors (Lipinski definition) is 3. The third-order valence-corrected chi connectivity index (χ3v) is 3.43. The van der Waals surface area contributed by atoms with Crippen LogP contribution in [0.1, 0.15) is 13.3 Å². The number of carboxylic acid groups (broad SMARTS) is 1. The number of carboxylic acids is 1. The van der Waals surface area contributed by atoms with Crippen molar-refractivity contribution in [2.75, 3.05) is 6.54 Å². The van der Waals surface area contributed by atoms with E-state index >= 15 is 0 Å². The summed E-state index contributed by atoms with van der Waals surface area (Å²) < 4.78 is 10.8. The maximum absolute atomic E-state index is 10.8. The molecule has 0 aromatic rings. The molecule has 6 nitrogen and oxygen atoms in total. The molecule has 0 saturated heterocycles. The van der Waals surface area contributed by atoms with Gasteiger partial charge in [0.25, 0.3) is 0 Å². The SMILES string of the molecule is CC(C(=O)O)C(CCN)P(=O)(O)O. The van der Waals surface area contributed by atoms with E-state index in [4.69, 9.17) is 20.6 Å². The van der Waals surface area contributed by atoms with E-state index in [9.17, 15) is 9.36 Å². The van der Waals surface area contributed by atoms with Gasteiger partial charge in [-0.1, -0.05) is 6.92 Å². The molecule has 5 N–H and O–H groups in total. The average Bonchev–Trinajstić information content (AvgIpc) is 1.96. The highest BCUT2D eigenvalue weighted by Crippen LogP contribution is 2.46. The van der Waals surface area contributed by atoms with Gasteiger partial charge in [0.1, 0.15) is 0 Å². The second kappa shape index (κ2) is 4.72. The van der Waals surface area contributed by atoms with Gasteiger partial charge in [-0.2, -0.15) is 0 Å². The van der Waals surface area contributed by atoms with Crippen molar-refractivity contribution in [2.24, 2.45) is 11.7 Å². The fraction of sp³-hybridized carbons (Fsp3) is 0.833. The number of rotatable bonds is 5. The number of nitrogens with two attached hydrogens (primary N) is 1. The summed E-state index contributed by atoms with van der Waals surface area (Å²) in [6.45, 7) is 1.33. The predicted octanol–water partition coefficient (Wildman–Crippen LogP) is -0.398. The number of hydrogen-bond donors (Lipinski definition) is 4. The van der Waals surface area contributed by atoms with E-state index < -0.39 is 25.1 Å². The maximum Gasteiger partial charge on any atom is 0.329 e. The lowest BCUT2D eigenvalue weighted by Gasteiger charge is -2.20. The van der Waals surface area contributed by atoms with Gasteiger partial charge in [-0.3, -0.25) is 9.36 Å². The molecule has 2 unspecified atom stereocenters. The van der Waals surface area contributed by atoms with Crippen LogP contribution in [0.15, 0.2) is 0 Å². The smallest absolute Gasteiger partial charge is 0.329 e. The van der Waals surface area contributed by atoms with Crippen molar-refractivity contribution in [1.82, 2.24) is 0 Å². The number of carbonyl (C=O) groups is 1. The molecular weight excluding hydrogens is 197 g/mol. The molecule has 0 heterocycles. The summed E-state index contributed by atoms with van der Waals surface area (Å²) in [5.74, 6) is -2.30. The van der Waals surface area contributed by atoms with Gasteiger partial charge in [-0.15, -0.1) is 0 Å². The largest absolute Gasteiger partial charge is 0.481 e. The van der Waals surface area contributed by atoms with E-state index in [2.05, 4.69) is 0 Å². The fourth-order valence-electron chi connectivity index (χ4n) is 1.04. The summed E-state index contributed by atoms with van der Waals surface area (Å²) in [5.41, 5.74) is 3.94. The highest BCUT2D eigenvalue weighted by atomic mass is 31.2. The van der Waals surface area contributed by atoms with Crippen LogP contribution in [0.5, 0.6) is 0 Å². The van der Waals surface area contributed by atoms with Crippen LogP contribution in [0.25, 0.3) is 0 Å². The Morgan fingerprint density at radius 1 is 1.54 bits per heavy atom. The molecule has 78 valence electrons. The Morgan fingerprint density at radius 3 is 2.23 bits per heavy atom. The zero-order chi connectivity index (χ0) is 10.6. The average molecular weight is 211 g/mol. The van der Waals surface area contributed by atoms with E-state index in [-0.39, 0.29) is 13.0 Å². The first-order valence-electron chi connectivity index (χ1n) is 3.78. The molecule has 0 saturated carbocycles. The molecule has 0 bridgehead atoms. The van der Waals surface area contributed by atoms with E-state index in [0.717, 1.165) is 0 Å². The summed E-state index contributed by atoms with van der Waals surface area (Å²) in [5, 5.41) is 8.56. The van der Waals surface area contributed by atoms with Crippen LogP contribution < -0.4 is 5.73 Å². The third kappa shape index (κ3) is 3.87. The number of aliphatic carboxylic acids is 1. The van der Waals surface area contributed by atoms with Crippen molar-refractivity contribution in [3.05, 3.63) is 0 Å². The van der Waals surface area contributed by atoms with E-state index in [1.54, 1.807) is 0 Å². The minimum atomic E-state index is -4.36. The first-order valence-corrected chi connectivity index (χ1v) is 5.47. The van der Waals surface area contributed by atoms with Gasteiger partial charge in [-0.25, -0.2) is 0 Å². The minimum Gasteiger partial charge on any atom is -0.481 e. The van der Waals surface area contributed by atoms with Crippen molar-refractivity contribution in [3.8, 4) is 0 Å². The van der Waals surface area contributed by atoms with Crippen molar-refractivity contribution in [2.45, 2.75) is 19.0 Å². The summed E-state index contributed by atoms with van der Waals surface area (Å²) in [6.07, 6.45) is 0.0117. The Morgan fingerprint density at radius 2 is 2.00 bits per heavy atom. The van der Waals surface area contributed by atoms with E-state index in [1.807, 2.05) is 0 Å². The van der Waals surface area contributed by atoms with Gasteiger partial charge in [0.2, 0.25) is 0 Å². The molecule has 0 aliphatic carbocycles. The predicted molar refractivity (Wildman–Crippen MR) is 46.3 cm³/mol. The normalized spacial score (nSPS) is 16.6. The Balaban J connectivity index is 4.61. The van der Waals surface area contributed by atoms with Gasteiger partial charge < -0.3 is 20.6 Å². The Bertz CT molecular complexity index is 225. The van der Waals surface area contributed by atoms with Gasteiger partial charge in [-0.05, 0) is 13.0 Å². The van der Waals surface area contributed by atoms with Crippen molar-refractivity contribution in [1.29, 1.82) is 0 Å². The molecule has 0 radical (unpaired) electrons. The topological polar surface area (TPSA) is 121 Å². The molecule has 7 heteroatoms. The van der Waals surface area contributed by atoms with Gasteiger partial charge >= 0.3 is 13.6 Å². The van der Waals surface area contributed by atoms with Gasteiger partial charge in [0, 0.05) is 0 Å². The lowest BCUT2D eigenvalue weighted by atomic mass is 10.1. The van der Waals surface area contributed by atoms with Crippen LogP contribution in [0.3, 0.4) is 0 Å². The van der Waals surface area contributed by atoms with Gasteiger partial charge in [0.05, 0.1) is 11.6 Å². The van der Waals surface area contributed by atoms with Crippen LogP contribution in [-0.4, -0.2) is 33.1 Å². The maximum atomic E-state index is 10.8. The summed E-state index contributed by atoms with van der Waals surface area (Å²) in [7, 11) is -4.36. The molecule has 0 amide bonds. The van der Waals surface area contributed by atoms with Crippen LogP contribution in [-0.2, 0) is 9.36 Å². The quantitative estimate of drug-likeness (QED) is 0.459. The van der Waals surface area contributed by atoms with Crippen molar-refractivity contribution in [3.63, 3.8) is 0 Å². The molecule has 0 aliphatic heterocycles. The van der Waals surface area contributed by atoms with Crippen LogP contribution >= 0.6 is 7.60 Å². The van der Waals surface area contributed by atoms with E-state index in [0.29, 0.717) is 0 Å². The van der Waals surface area contributed by atoms with E-state index in [1.165, 1.54) is 6.92 Å². The second-order valence-corrected chi connectivity index (χ2v) is 4.70. The summed E-state index contributed by atoms with van der Waals surface area (Å²) in [6, 6.07) is 0.